The molecular formula is C9H17N3OS. The Morgan fingerprint density at radius 3 is 2.86 bits per heavy atom. The first-order valence-corrected chi connectivity index (χ1v) is 5.63. The molecule has 1 aromatic rings. The zero-order chi connectivity index (χ0) is 10.4. The van der Waals surface area contributed by atoms with Gasteiger partial charge in [-0.15, -0.1) is 10.2 Å². The number of rotatable bonds is 6. The van der Waals surface area contributed by atoms with Gasteiger partial charge in [-0.2, -0.15) is 0 Å². The molecule has 0 bridgehead atoms. The largest absolute Gasteiger partial charge is 0.469 e. The Kier molecular flexibility index (Phi) is 4.82. The maximum atomic E-state index is 5.46. The van der Waals surface area contributed by atoms with E-state index in [2.05, 4.69) is 29.4 Å². The fraction of sp³-hybridized carbons (Fsp3) is 0.778. The van der Waals surface area contributed by atoms with Gasteiger partial charge in [-0.3, -0.25) is 0 Å². The van der Waals surface area contributed by atoms with Crippen molar-refractivity contribution in [3.8, 4) is 5.19 Å². The summed E-state index contributed by atoms with van der Waals surface area (Å²) in [5.41, 5.74) is 0. The van der Waals surface area contributed by atoms with Crippen molar-refractivity contribution >= 4 is 11.3 Å². The number of hydrogen-bond acceptors (Lipinski definition) is 5. The summed E-state index contributed by atoms with van der Waals surface area (Å²) in [6.07, 6.45) is 1.06. The topological polar surface area (TPSA) is 47.0 Å². The summed E-state index contributed by atoms with van der Waals surface area (Å²) in [5, 5.41) is 12.6. The van der Waals surface area contributed by atoms with Gasteiger partial charge in [0.1, 0.15) is 5.01 Å². The van der Waals surface area contributed by atoms with Gasteiger partial charge in [0.2, 0.25) is 0 Å². The SMILES string of the molecule is CNCc1nnc(OCCC(C)C)s1. The van der Waals surface area contributed by atoms with E-state index >= 15 is 0 Å². The van der Waals surface area contributed by atoms with Gasteiger partial charge in [0, 0.05) is 6.54 Å². The summed E-state index contributed by atoms with van der Waals surface area (Å²) in [5.74, 6) is 0.666. The molecule has 0 radical (unpaired) electrons. The number of nitrogens with zero attached hydrogens (tertiary/aromatic N) is 2. The van der Waals surface area contributed by atoms with Crippen LogP contribution in [0.2, 0.25) is 0 Å². The Morgan fingerprint density at radius 2 is 2.21 bits per heavy atom. The molecule has 0 aliphatic rings. The first-order valence-electron chi connectivity index (χ1n) is 4.82. The van der Waals surface area contributed by atoms with Crippen LogP contribution < -0.4 is 10.1 Å². The van der Waals surface area contributed by atoms with Crippen LogP contribution in [0.15, 0.2) is 0 Å². The summed E-state index contributed by atoms with van der Waals surface area (Å²) in [6.45, 7) is 5.84. The lowest BCUT2D eigenvalue weighted by Gasteiger charge is -2.03. The predicted molar refractivity (Wildman–Crippen MR) is 57.6 cm³/mol. The Bertz CT molecular complexity index is 262. The molecule has 1 aromatic heterocycles. The number of ether oxygens (including phenoxy) is 1. The standard InChI is InChI=1S/C9H17N3OS/c1-7(2)4-5-13-9-12-11-8(14-9)6-10-3/h7,10H,4-6H2,1-3H3. The van der Waals surface area contributed by atoms with E-state index < -0.39 is 0 Å². The van der Waals surface area contributed by atoms with E-state index in [0.29, 0.717) is 11.1 Å². The second-order valence-corrected chi connectivity index (χ2v) is 4.55. The Labute approximate surface area is 88.7 Å². The van der Waals surface area contributed by atoms with Gasteiger partial charge in [0.25, 0.3) is 5.19 Å². The second kappa shape index (κ2) is 5.93. The Hall–Kier alpha value is -0.680. The van der Waals surface area contributed by atoms with Crippen molar-refractivity contribution in [3.05, 3.63) is 5.01 Å². The minimum Gasteiger partial charge on any atom is -0.469 e. The second-order valence-electron chi connectivity index (χ2n) is 3.52. The van der Waals surface area contributed by atoms with E-state index in [-0.39, 0.29) is 0 Å². The Morgan fingerprint density at radius 1 is 1.43 bits per heavy atom. The highest BCUT2D eigenvalue weighted by Gasteiger charge is 2.04. The van der Waals surface area contributed by atoms with E-state index in [1.165, 1.54) is 11.3 Å². The average molecular weight is 215 g/mol. The molecule has 1 rings (SSSR count). The van der Waals surface area contributed by atoms with E-state index in [1.807, 2.05) is 7.05 Å². The zero-order valence-electron chi connectivity index (χ0n) is 8.91. The summed E-state index contributed by atoms with van der Waals surface area (Å²) in [4.78, 5) is 0. The lowest BCUT2D eigenvalue weighted by Crippen LogP contribution is -2.04. The molecular weight excluding hydrogens is 198 g/mol. The molecule has 0 amide bonds. The lowest BCUT2D eigenvalue weighted by molar-refractivity contribution is 0.286. The van der Waals surface area contributed by atoms with Crippen LogP contribution in [0.1, 0.15) is 25.3 Å². The fourth-order valence-corrected chi connectivity index (χ4v) is 1.62. The van der Waals surface area contributed by atoms with Crippen molar-refractivity contribution in [2.45, 2.75) is 26.8 Å². The van der Waals surface area contributed by atoms with Gasteiger partial charge >= 0.3 is 0 Å². The molecule has 0 fully saturated rings. The monoisotopic (exact) mass is 215 g/mol. The lowest BCUT2D eigenvalue weighted by atomic mass is 10.1. The van der Waals surface area contributed by atoms with Crippen molar-refractivity contribution in [3.63, 3.8) is 0 Å². The number of aromatic nitrogens is 2. The number of nitrogens with one attached hydrogen (secondary N) is 1. The highest BCUT2D eigenvalue weighted by atomic mass is 32.1. The maximum Gasteiger partial charge on any atom is 0.294 e. The molecule has 0 aromatic carbocycles. The summed E-state index contributed by atoms with van der Waals surface area (Å²) in [6, 6.07) is 0. The summed E-state index contributed by atoms with van der Waals surface area (Å²) in [7, 11) is 1.89. The molecule has 0 saturated carbocycles. The third kappa shape index (κ3) is 4.02. The van der Waals surface area contributed by atoms with Crippen LogP contribution in [0.3, 0.4) is 0 Å². The van der Waals surface area contributed by atoms with Gasteiger partial charge in [-0.1, -0.05) is 25.2 Å². The van der Waals surface area contributed by atoms with Crippen LogP contribution in [-0.4, -0.2) is 23.9 Å². The molecule has 0 aliphatic heterocycles. The van der Waals surface area contributed by atoms with Crippen LogP contribution >= 0.6 is 11.3 Å². The van der Waals surface area contributed by atoms with Crippen LogP contribution in [0.25, 0.3) is 0 Å². The van der Waals surface area contributed by atoms with E-state index in [4.69, 9.17) is 4.74 Å². The number of hydrogen-bond donors (Lipinski definition) is 1. The molecule has 0 spiro atoms. The summed E-state index contributed by atoms with van der Waals surface area (Å²) < 4.78 is 5.46. The highest BCUT2D eigenvalue weighted by molar-refractivity contribution is 7.13. The maximum absolute atomic E-state index is 5.46. The van der Waals surface area contributed by atoms with Crippen LogP contribution in [-0.2, 0) is 6.54 Å². The van der Waals surface area contributed by atoms with Gasteiger partial charge in [-0.25, -0.2) is 0 Å². The molecule has 1 heterocycles. The van der Waals surface area contributed by atoms with Gasteiger partial charge in [0.05, 0.1) is 6.61 Å². The molecule has 0 unspecified atom stereocenters. The van der Waals surface area contributed by atoms with E-state index in [9.17, 15) is 0 Å². The minimum absolute atomic E-state index is 0.666. The first-order chi connectivity index (χ1) is 6.72. The van der Waals surface area contributed by atoms with Gasteiger partial charge in [-0.05, 0) is 19.4 Å². The Balaban J connectivity index is 2.28. The first kappa shape index (κ1) is 11.4. The quantitative estimate of drug-likeness (QED) is 0.784. The average Bonchev–Trinajstić information content (AvgIpc) is 2.53. The van der Waals surface area contributed by atoms with Crippen molar-refractivity contribution in [2.75, 3.05) is 13.7 Å². The zero-order valence-corrected chi connectivity index (χ0v) is 9.73. The minimum atomic E-state index is 0.666. The van der Waals surface area contributed by atoms with Crippen molar-refractivity contribution in [1.29, 1.82) is 0 Å². The molecule has 0 saturated heterocycles. The molecule has 80 valence electrons. The fourth-order valence-electron chi connectivity index (χ4n) is 0.901. The van der Waals surface area contributed by atoms with Crippen LogP contribution in [0, 0.1) is 5.92 Å². The molecule has 14 heavy (non-hydrogen) atoms. The molecule has 5 heteroatoms. The molecule has 4 nitrogen and oxygen atoms in total. The van der Waals surface area contributed by atoms with Gasteiger partial charge < -0.3 is 10.1 Å². The smallest absolute Gasteiger partial charge is 0.294 e. The van der Waals surface area contributed by atoms with Crippen LogP contribution in [0.4, 0.5) is 0 Å². The predicted octanol–water partition coefficient (Wildman–Crippen LogP) is 1.68. The van der Waals surface area contributed by atoms with E-state index in [0.717, 1.165) is 24.6 Å². The molecule has 1 N–H and O–H groups in total. The van der Waals surface area contributed by atoms with Crippen molar-refractivity contribution in [1.82, 2.24) is 15.5 Å². The molecule has 0 atom stereocenters. The normalized spacial score (nSPS) is 10.9. The van der Waals surface area contributed by atoms with Crippen LogP contribution in [0.5, 0.6) is 5.19 Å². The third-order valence-corrected chi connectivity index (χ3v) is 2.53. The highest BCUT2D eigenvalue weighted by Crippen LogP contribution is 2.17. The van der Waals surface area contributed by atoms with Crippen molar-refractivity contribution < 1.29 is 4.74 Å². The van der Waals surface area contributed by atoms with E-state index in [1.54, 1.807) is 0 Å². The third-order valence-electron chi connectivity index (χ3n) is 1.70. The van der Waals surface area contributed by atoms with Gasteiger partial charge in [0.15, 0.2) is 0 Å². The molecule has 0 aliphatic carbocycles. The summed E-state index contributed by atoms with van der Waals surface area (Å²) >= 11 is 1.50. The van der Waals surface area contributed by atoms with Crippen molar-refractivity contribution in [2.24, 2.45) is 5.92 Å².